The Morgan fingerprint density at radius 1 is 1.40 bits per heavy atom. The Morgan fingerprint density at radius 2 is 2.07 bits per heavy atom. The molecule has 0 amide bonds. The van der Waals surface area contributed by atoms with Gasteiger partial charge in [-0.2, -0.15) is 0 Å². The quantitative estimate of drug-likeness (QED) is 0.762. The van der Waals surface area contributed by atoms with Crippen molar-refractivity contribution < 1.29 is 9.47 Å². The molecule has 0 spiro atoms. The molecule has 0 saturated carbocycles. The minimum absolute atomic E-state index is 0.200. The molecule has 1 heterocycles. The molecule has 3 unspecified atom stereocenters. The molecule has 0 bridgehead atoms. The Bertz CT molecular complexity index is 194. The van der Waals surface area contributed by atoms with Gasteiger partial charge in [-0.05, 0) is 26.7 Å². The summed E-state index contributed by atoms with van der Waals surface area (Å²) in [5.41, 5.74) is 0. The molecule has 0 aromatic rings. The van der Waals surface area contributed by atoms with E-state index in [1.807, 2.05) is 13.8 Å². The summed E-state index contributed by atoms with van der Waals surface area (Å²) in [5.74, 6) is 0.312. The van der Waals surface area contributed by atoms with Crippen molar-refractivity contribution >= 4 is 0 Å². The van der Waals surface area contributed by atoms with Crippen molar-refractivity contribution in [2.75, 3.05) is 13.2 Å². The van der Waals surface area contributed by atoms with Gasteiger partial charge in [0.2, 0.25) is 0 Å². The minimum Gasteiger partial charge on any atom is -0.348 e. The van der Waals surface area contributed by atoms with Gasteiger partial charge in [0.15, 0.2) is 5.79 Å². The van der Waals surface area contributed by atoms with E-state index in [1.54, 1.807) is 0 Å². The average Bonchev–Trinajstić information content (AvgIpc) is 2.53. The summed E-state index contributed by atoms with van der Waals surface area (Å²) in [7, 11) is 0. The summed E-state index contributed by atoms with van der Waals surface area (Å²) in [6.45, 7) is 12.2. The van der Waals surface area contributed by atoms with E-state index in [2.05, 4.69) is 26.1 Å². The van der Waals surface area contributed by atoms with E-state index in [4.69, 9.17) is 9.47 Å². The number of nitrogens with one attached hydrogen (secondary N) is 1. The van der Waals surface area contributed by atoms with E-state index < -0.39 is 5.79 Å². The number of hydrogen-bond acceptors (Lipinski definition) is 3. The van der Waals surface area contributed by atoms with E-state index >= 15 is 0 Å². The molecule has 0 aliphatic carbocycles. The van der Waals surface area contributed by atoms with Crippen LogP contribution in [0.5, 0.6) is 0 Å². The molecule has 1 fully saturated rings. The maximum absolute atomic E-state index is 5.73. The van der Waals surface area contributed by atoms with Crippen LogP contribution >= 0.6 is 0 Å². The molecule has 0 radical (unpaired) electrons. The molecule has 1 rings (SSSR count). The van der Waals surface area contributed by atoms with Crippen LogP contribution in [0.4, 0.5) is 0 Å². The van der Waals surface area contributed by atoms with Crippen LogP contribution in [-0.4, -0.2) is 31.1 Å². The molecule has 1 aliphatic rings. The number of rotatable bonds is 5. The fourth-order valence-corrected chi connectivity index (χ4v) is 1.74. The zero-order chi connectivity index (χ0) is 11.5. The van der Waals surface area contributed by atoms with Crippen LogP contribution in [0.25, 0.3) is 0 Å². The van der Waals surface area contributed by atoms with E-state index in [0.717, 1.165) is 6.54 Å². The molecule has 1 N–H and O–H groups in total. The van der Waals surface area contributed by atoms with E-state index in [1.165, 1.54) is 6.42 Å². The zero-order valence-electron chi connectivity index (χ0n) is 10.7. The van der Waals surface area contributed by atoms with Gasteiger partial charge in [0, 0.05) is 12.6 Å². The first kappa shape index (κ1) is 12.9. The molecular formula is C12H25NO2. The molecular weight excluding hydrogens is 190 g/mol. The van der Waals surface area contributed by atoms with Crippen molar-refractivity contribution in [1.82, 2.24) is 5.32 Å². The minimum atomic E-state index is -0.397. The topological polar surface area (TPSA) is 30.5 Å². The maximum atomic E-state index is 5.73. The van der Waals surface area contributed by atoms with Crippen LogP contribution in [0.15, 0.2) is 0 Å². The highest BCUT2D eigenvalue weighted by Gasteiger charge is 2.32. The van der Waals surface area contributed by atoms with Crippen molar-refractivity contribution in [2.45, 2.75) is 59.0 Å². The fraction of sp³-hybridized carbons (Fsp3) is 1.00. The third-order valence-electron chi connectivity index (χ3n) is 3.23. The molecule has 1 aliphatic heterocycles. The van der Waals surface area contributed by atoms with Crippen LogP contribution < -0.4 is 5.32 Å². The molecule has 15 heavy (non-hydrogen) atoms. The van der Waals surface area contributed by atoms with Gasteiger partial charge in [-0.1, -0.05) is 20.3 Å². The van der Waals surface area contributed by atoms with Gasteiger partial charge in [0.25, 0.3) is 0 Å². The Hall–Kier alpha value is -0.120. The monoisotopic (exact) mass is 215 g/mol. The standard InChI is InChI=1S/C12H25NO2/c1-6-9(2)10(3)13-7-11-8-14-12(4,5)15-11/h9-11,13H,6-8H2,1-5H3. The lowest BCUT2D eigenvalue weighted by Gasteiger charge is -2.22. The first-order chi connectivity index (χ1) is 6.94. The number of hydrogen-bond donors (Lipinski definition) is 1. The Labute approximate surface area is 93.5 Å². The van der Waals surface area contributed by atoms with Crippen LogP contribution in [0, 0.1) is 5.92 Å². The van der Waals surface area contributed by atoms with Crippen molar-refractivity contribution in [3.05, 3.63) is 0 Å². The Balaban J connectivity index is 2.21. The molecule has 3 heteroatoms. The predicted molar refractivity (Wildman–Crippen MR) is 61.8 cm³/mol. The lowest BCUT2D eigenvalue weighted by atomic mass is 10.0. The molecule has 0 aromatic carbocycles. The number of ether oxygens (including phenoxy) is 2. The summed E-state index contributed by atoms with van der Waals surface area (Å²) < 4.78 is 11.2. The van der Waals surface area contributed by atoms with Crippen molar-refractivity contribution in [2.24, 2.45) is 5.92 Å². The average molecular weight is 215 g/mol. The SMILES string of the molecule is CCC(C)C(C)NCC1COC(C)(C)O1. The van der Waals surface area contributed by atoms with Gasteiger partial charge in [-0.15, -0.1) is 0 Å². The normalized spacial score (nSPS) is 29.0. The van der Waals surface area contributed by atoms with Crippen molar-refractivity contribution in [1.29, 1.82) is 0 Å². The maximum Gasteiger partial charge on any atom is 0.163 e. The predicted octanol–water partition coefficient (Wildman–Crippen LogP) is 2.16. The van der Waals surface area contributed by atoms with Crippen molar-refractivity contribution in [3.63, 3.8) is 0 Å². The highest BCUT2D eigenvalue weighted by molar-refractivity contribution is 4.75. The van der Waals surface area contributed by atoms with Crippen LogP contribution in [0.3, 0.4) is 0 Å². The van der Waals surface area contributed by atoms with Gasteiger partial charge >= 0.3 is 0 Å². The van der Waals surface area contributed by atoms with Gasteiger partial charge < -0.3 is 14.8 Å². The highest BCUT2D eigenvalue weighted by Crippen LogP contribution is 2.21. The second-order valence-corrected chi connectivity index (χ2v) is 5.03. The second-order valence-electron chi connectivity index (χ2n) is 5.03. The fourth-order valence-electron chi connectivity index (χ4n) is 1.74. The van der Waals surface area contributed by atoms with Gasteiger partial charge in [-0.25, -0.2) is 0 Å². The van der Waals surface area contributed by atoms with E-state index in [0.29, 0.717) is 18.6 Å². The molecule has 0 aromatic heterocycles. The van der Waals surface area contributed by atoms with Crippen LogP contribution in [0.2, 0.25) is 0 Å². The highest BCUT2D eigenvalue weighted by atomic mass is 16.7. The summed E-state index contributed by atoms with van der Waals surface area (Å²) in [5, 5.41) is 3.51. The summed E-state index contributed by atoms with van der Waals surface area (Å²) >= 11 is 0. The first-order valence-corrected chi connectivity index (χ1v) is 5.99. The Kier molecular flexibility index (Phi) is 4.56. The van der Waals surface area contributed by atoms with Gasteiger partial charge in [0.05, 0.1) is 12.7 Å². The summed E-state index contributed by atoms with van der Waals surface area (Å²) in [6, 6.07) is 0.544. The second kappa shape index (κ2) is 5.28. The summed E-state index contributed by atoms with van der Waals surface area (Å²) in [4.78, 5) is 0. The molecule has 90 valence electrons. The van der Waals surface area contributed by atoms with E-state index in [-0.39, 0.29) is 6.10 Å². The van der Waals surface area contributed by atoms with Crippen LogP contribution in [-0.2, 0) is 9.47 Å². The smallest absolute Gasteiger partial charge is 0.163 e. The summed E-state index contributed by atoms with van der Waals surface area (Å²) in [6.07, 6.45) is 1.41. The van der Waals surface area contributed by atoms with Gasteiger partial charge in [-0.3, -0.25) is 0 Å². The zero-order valence-corrected chi connectivity index (χ0v) is 10.7. The first-order valence-electron chi connectivity index (χ1n) is 5.99. The lowest BCUT2D eigenvalue weighted by molar-refractivity contribution is -0.137. The van der Waals surface area contributed by atoms with E-state index in [9.17, 15) is 0 Å². The third kappa shape index (κ3) is 4.09. The van der Waals surface area contributed by atoms with Crippen molar-refractivity contribution in [3.8, 4) is 0 Å². The molecule has 3 atom stereocenters. The molecule has 3 nitrogen and oxygen atoms in total. The third-order valence-corrected chi connectivity index (χ3v) is 3.23. The molecule has 1 saturated heterocycles. The Morgan fingerprint density at radius 3 is 2.53 bits per heavy atom. The van der Waals surface area contributed by atoms with Crippen LogP contribution in [0.1, 0.15) is 41.0 Å². The van der Waals surface area contributed by atoms with Gasteiger partial charge in [0.1, 0.15) is 0 Å². The largest absolute Gasteiger partial charge is 0.348 e. The lowest BCUT2D eigenvalue weighted by Crippen LogP contribution is -2.38.